The molecule has 5 nitrogen and oxygen atoms in total. The van der Waals surface area contributed by atoms with Crippen LogP contribution in [0.2, 0.25) is 0 Å². The minimum atomic E-state index is -1.02. The van der Waals surface area contributed by atoms with E-state index in [1.807, 2.05) is 12.1 Å². The summed E-state index contributed by atoms with van der Waals surface area (Å²) in [5.41, 5.74) is 0.916. The van der Waals surface area contributed by atoms with Crippen molar-refractivity contribution >= 4 is 22.6 Å². The van der Waals surface area contributed by atoms with Gasteiger partial charge in [-0.05, 0) is 29.8 Å². The van der Waals surface area contributed by atoms with Gasteiger partial charge in [0.15, 0.2) is 0 Å². The van der Waals surface area contributed by atoms with Crippen molar-refractivity contribution in [1.29, 1.82) is 0 Å². The van der Waals surface area contributed by atoms with E-state index in [0.717, 1.165) is 16.7 Å². The Labute approximate surface area is 130 Å². The highest BCUT2D eigenvalue weighted by Crippen LogP contribution is 2.10. The third-order valence-corrected chi connectivity index (χ3v) is 3.92. The van der Waals surface area contributed by atoms with Gasteiger partial charge < -0.3 is 4.90 Å². The fourth-order valence-corrected chi connectivity index (χ4v) is 2.31. The van der Waals surface area contributed by atoms with Crippen LogP contribution in [0.3, 0.4) is 0 Å². The SMILES string of the molecule is CN(Cc1ccc(S(C)=O)cc1)C(=O)Nc1ccc(F)cn1. The van der Waals surface area contributed by atoms with Gasteiger partial charge in [0.05, 0.1) is 6.20 Å². The number of anilines is 1. The van der Waals surface area contributed by atoms with E-state index >= 15 is 0 Å². The van der Waals surface area contributed by atoms with Crippen molar-refractivity contribution in [3.05, 3.63) is 54.0 Å². The molecule has 0 saturated carbocycles. The third-order valence-electron chi connectivity index (χ3n) is 2.98. The second-order valence-electron chi connectivity index (χ2n) is 4.75. The molecule has 1 N–H and O–H groups in total. The Morgan fingerprint density at radius 3 is 2.50 bits per heavy atom. The summed E-state index contributed by atoms with van der Waals surface area (Å²) < 4.78 is 24.1. The zero-order chi connectivity index (χ0) is 16.1. The maximum absolute atomic E-state index is 12.8. The maximum atomic E-state index is 12.8. The Morgan fingerprint density at radius 2 is 1.95 bits per heavy atom. The zero-order valence-electron chi connectivity index (χ0n) is 12.2. The van der Waals surface area contributed by atoms with Gasteiger partial charge in [-0.1, -0.05) is 12.1 Å². The van der Waals surface area contributed by atoms with Gasteiger partial charge in [-0.15, -0.1) is 0 Å². The van der Waals surface area contributed by atoms with Crippen LogP contribution >= 0.6 is 0 Å². The number of hydrogen-bond donors (Lipinski definition) is 1. The first-order valence-electron chi connectivity index (χ1n) is 6.52. The smallest absolute Gasteiger partial charge is 0.323 e. The Kier molecular flexibility index (Phi) is 5.21. The summed E-state index contributed by atoms with van der Waals surface area (Å²) >= 11 is 0. The van der Waals surface area contributed by atoms with Gasteiger partial charge in [0, 0.05) is 35.5 Å². The van der Waals surface area contributed by atoms with Crippen LogP contribution in [0.1, 0.15) is 5.56 Å². The topological polar surface area (TPSA) is 62.3 Å². The van der Waals surface area contributed by atoms with Gasteiger partial charge in [0.25, 0.3) is 0 Å². The fourth-order valence-electron chi connectivity index (χ4n) is 1.79. The fraction of sp³-hybridized carbons (Fsp3) is 0.200. The van der Waals surface area contributed by atoms with E-state index < -0.39 is 16.6 Å². The number of nitrogens with zero attached hydrogens (tertiary/aromatic N) is 2. The van der Waals surface area contributed by atoms with Gasteiger partial charge >= 0.3 is 6.03 Å². The molecule has 0 aliphatic rings. The first-order chi connectivity index (χ1) is 10.5. The Balaban J connectivity index is 1.95. The maximum Gasteiger partial charge on any atom is 0.323 e. The first-order valence-corrected chi connectivity index (χ1v) is 8.07. The van der Waals surface area contributed by atoms with E-state index in [4.69, 9.17) is 0 Å². The van der Waals surface area contributed by atoms with Crippen LogP contribution in [0.15, 0.2) is 47.5 Å². The number of aromatic nitrogens is 1. The zero-order valence-corrected chi connectivity index (χ0v) is 13.1. The van der Waals surface area contributed by atoms with Crippen molar-refractivity contribution in [2.24, 2.45) is 0 Å². The van der Waals surface area contributed by atoms with Crippen molar-refractivity contribution in [1.82, 2.24) is 9.88 Å². The van der Waals surface area contributed by atoms with E-state index in [1.165, 1.54) is 17.0 Å². The van der Waals surface area contributed by atoms with Crippen molar-refractivity contribution in [2.45, 2.75) is 11.4 Å². The first kappa shape index (κ1) is 16.1. The molecule has 2 aromatic rings. The van der Waals surface area contributed by atoms with Crippen molar-refractivity contribution in [3.8, 4) is 0 Å². The van der Waals surface area contributed by atoms with Crippen LogP contribution in [0, 0.1) is 5.82 Å². The lowest BCUT2D eigenvalue weighted by Crippen LogP contribution is -2.31. The summed E-state index contributed by atoms with van der Waals surface area (Å²) in [4.78, 5) is 18.0. The molecule has 1 aromatic heterocycles. The molecule has 0 aliphatic heterocycles. The van der Waals surface area contributed by atoms with Crippen molar-refractivity contribution < 1.29 is 13.4 Å². The van der Waals surface area contributed by atoms with E-state index in [1.54, 1.807) is 25.4 Å². The molecule has 2 amide bonds. The highest BCUT2D eigenvalue weighted by molar-refractivity contribution is 7.84. The minimum absolute atomic E-state index is 0.287. The molecule has 0 spiro atoms. The van der Waals surface area contributed by atoms with Crippen molar-refractivity contribution in [3.63, 3.8) is 0 Å². The number of rotatable bonds is 4. The second kappa shape index (κ2) is 7.13. The molecule has 1 unspecified atom stereocenters. The second-order valence-corrected chi connectivity index (χ2v) is 6.13. The summed E-state index contributed by atoms with van der Waals surface area (Å²) in [5.74, 6) is -0.172. The Bertz CT molecular complexity index is 674. The molecule has 0 fully saturated rings. The molecule has 0 radical (unpaired) electrons. The number of amides is 2. The van der Waals surface area contributed by atoms with E-state index in [9.17, 15) is 13.4 Å². The van der Waals surface area contributed by atoms with Crippen LogP contribution in [0.5, 0.6) is 0 Å². The lowest BCUT2D eigenvalue weighted by atomic mass is 10.2. The molecular formula is C15H16FN3O2S. The summed E-state index contributed by atoms with van der Waals surface area (Å²) in [7, 11) is 0.625. The molecule has 2 rings (SSSR count). The predicted molar refractivity (Wildman–Crippen MR) is 83.5 cm³/mol. The Morgan fingerprint density at radius 1 is 1.27 bits per heavy atom. The number of halogens is 1. The lowest BCUT2D eigenvalue weighted by molar-refractivity contribution is 0.220. The molecular weight excluding hydrogens is 305 g/mol. The molecule has 1 heterocycles. The van der Waals surface area contributed by atoms with E-state index in [-0.39, 0.29) is 11.8 Å². The molecule has 22 heavy (non-hydrogen) atoms. The number of nitrogens with one attached hydrogen (secondary N) is 1. The molecule has 0 saturated heterocycles. The van der Waals surface area contributed by atoms with Gasteiger partial charge in [-0.25, -0.2) is 14.2 Å². The average Bonchev–Trinajstić information content (AvgIpc) is 2.50. The van der Waals surface area contributed by atoms with Gasteiger partial charge in [0.1, 0.15) is 11.6 Å². The van der Waals surface area contributed by atoms with Crippen molar-refractivity contribution in [2.75, 3.05) is 18.6 Å². The normalized spacial score (nSPS) is 11.8. The lowest BCUT2D eigenvalue weighted by Gasteiger charge is -2.17. The largest absolute Gasteiger partial charge is 0.323 e. The third kappa shape index (κ3) is 4.36. The number of urea groups is 1. The Hall–Kier alpha value is -2.28. The average molecular weight is 321 g/mol. The number of hydrogen-bond acceptors (Lipinski definition) is 3. The number of pyridine rings is 1. The monoisotopic (exact) mass is 321 g/mol. The molecule has 1 aromatic carbocycles. The van der Waals surface area contributed by atoms with E-state index in [2.05, 4.69) is 10.3 Å². The number of carbonyl (C=O) groups excluding carboxylic acids is 1. The van der Waals surface area contributed by atoms with Crippen LogP contribution < -0.4 is 5.32 Å². The highest BCUT2D eigenvalue weighted by atomic mass is 32.2. The quantitative estimate of drug-likeness (QED) is 0.941. The summed E-state index contributed by atoms with van der Waals surface area (Å²) in [6.45, 7) is 0.393. The predicted octanol–water partition coefficient (Wildman–Crippen LogP) is 2.62. The van der Waals surface area contributed by atoms with Crippen LogP contribution in [0.4, 0.5) is 15.0 Å². The molecule has 116 valence electrons. The summed E-state index contributed by atoms with van der Waals surface area (Å²) in [6.07, 6.45) is 2.66. The van der Waals surface area contributed by atoms with E-state index in [0.29, 0.717) is 6.54 Å². The number of benzene rings is 1. The molecule has 1 atom stereocenters. The summed E-state index contributed by atoms with van der Waals surface area (Å²) in [5, 5.41) is 2.58. The van der Waals surface area contributed by atoms with Gasteiger partial charge in [0.2, 0.25) is 0 Å². The molecule has 7 heteroatoms. The summed E-state index contributed by atoms with van der Waals surface area (Å²) in [6, 6.07) is 9.49. The molecule has 0 aliphatic carbocycles. The van der Waals surface area contributed by atoms with Gasteiger partial charge in [-0.2, -0.15) is 0 Å². The van der Waals surface area contributed by atoms with Gasteiger partial charge in [-0.3, -0.25) is 9.53 Å². The van der Waals surface area contributed by atoms with Crippen LogP contribution in [-0.2, 0) is 17.3 Å². The van der Waals surface area contributed by atoms with Crippen LogP contribution in [-0.4, -0.2) is 33.4 Å². The van der Waals surface area contributed by atoms with Crippen LogP contribution in [0.25, 0.3) is 0 Å². The highest BCUT2D eigenvalue weighted by Gasteiger charge is 2.10. The number of carbonyl (C=O) groups is 1. The molecule has 0 bridgehead atoms. The minimum Gasteiger partial charge on any atom is -0.323 e. The standard InChI is InChI=1S/C15H16FN3O2S/c1-19(10-11-3-6-13(7-4-11)22(2)21)15(20)18-14-8-5-12(16)9-17-14/h3-9H,10H2,1-2H3,(H,17,18,20).